The summed E-state index contributed by atoms with van der Waals surface area (Å²) in [5.74, 6) is 1.24. The molecule has 0 saturated heterocycles. The average Bonchev–Trinajstić information content (AvgIpc) is 3.23. The van der Waals surface area contributed by atoms with Gasteiger partial charge in [-0.2, -0.15) is 5.10 Å². The zero-order valence-corrected chi connectivity index (χ0v) is 16.8. The first-order valence-electron chi connectivity index (χ1n) is 8.58. The van der Waals surface area contributed by atoms with Gasteiger partial charge in [-0.15, -0.1) is 11.8 Å². The Morgan fingerprint density at radius 1 is 1.22 bits per heavy atom. The molecule has 0 bridgehead atoms. The van der Waals surface area contributed by atoms with Crippen molar-refractivity contribution in [1.82, 2.24) is 19.7 Å². The van der Waals surface area contributed by atoms with Crippen LogP contribution in [-0.2, 0) is 10.5 Å². The summed E-state index contributed by atoms with van der Waals surface area (Å²) in [5.41, 5.74) is 3.06. The maximum atomic E-state index is 12.5. The molecule has 27 heavy (non-hydrogen) atoms. The van der Waals surface area contributed by atoms with E-state index in [0.29, 0.717) is 5.75 Å². The predicted octanol–water partition coefficient (Wildman–Crippen LogP) is 4.37. The molecule has 0 saturated carbocycles. The van der Waals surface area contributed by atoms with Gasteiger partial charge in [0.05, 0.1) is 17.5 Å². The zero-order valence-electron chi connectivity index (χ0n) is 15.2. The van der Waals surface area contributed by atoms with E-state index in [-0.39, 0.29) is 11.9 Å². The Morgan fingerprint density at radius 2 is 1.96 bits per heavy atom. The maximum Gasteiger partial charge on any atom is 0.232 e. The molecule has 1 amide bonds. The number of thioether (sulfide) groups is 1. The van der Waals surface area contributed by atoms with Gasteiger partial charge in [0, 0.05) is 17.8 Å². The second-order valence-electron chi connectivity index (χ2n) is 6.20. The van der Waals surface area contributed by atoms with Gasteiger partial charge in [-0.25, -0.2) is 9.67 Å². The number of hydrogen-bond acceptors (Lipinski definition) is 4. The second-order valence-corrected chi connectivity index (χ2v) is 7.59. The summed E-state index contributed by atoms with van der Waals surface area (Å²) in [6.07, 6.45) is 3.16. The van der Waals surface area contributed by atoms with Gasteiger partial charge in [0.15, 0.2) is 0 Å². The van der Waals surface area contributed by atoms with Gasteiger partial charge < -0.3 is 4.90 Å². The Hall–Kier alpha value is -2.31. The van der Waals surface area contributed by atoms with Crippen LogP contribution in [0.3, 0.4) is 0 Å². The fraction of sp³-hybridized carbons (Fsp3) is 0.250. The molecule has 140 valence electrons. The summed E-state index contributed by atoms with van der Waals surface area (Å²) in [6, 6.07) is 15.7. The molecule has 0 N–H and O–H groups in total. The van der Waals surface area contributed by atoms with Gasteiger partial charge in [0.25, 0.3) is 0 Å². The SMILES string of the molecule is C[C@H](c1ccc(-n2cncn2)cc1)N(C)C(=O)CSCc1ccccc1Cl. The molecule has 7 heteroatoms. The lowest BCUT2D eigenvalue weighted by Gasteiger charge is -2.25. The van der Waals surface area contributed by atoms with Gasteiger partial charge in [-0.1, -0.05) is 41.9 Å². The molecule has 5 nitrogen and oxygen atoms in total. The van der Waals surface area contributed by atoms with Crippen LogP contribution in [0.1, 0.15) is 24.1 Å². The summed E-state index contributed by atoms with van der Waals surface area (Å²) >= 11 is 7.74. The molecule has 3 rings (SSSR count). The highest BCUT2D eigenvalue weighted by Crippen LogP contribution is 2.23. The Balaban J connectivity index is 1.55. The van der Waals surface area contributed by atoms with Crippen molar-refractivity contribution in [2.24, 2.45) is 0 Å². The molecule has 0 fully saturated rings. The smallest absolute Gasteiger partial charge is 0.232 e. The molecule has 2 aromatic carbocycles. The lowest BCUT2D eigenvalue weighted by Crippen LogP contribution is -2.31. The van der Waals surface area contributed by atoms with E-state index in [1.165, 1.54) is 6.33 Å². The summed E-state index contributed by atoms with van der Waals surface area (Å²) in [5, 5.41) is 4.86. The van der Waals surface area contributed by atoms with Crippen molar-refractivity contribution in [3.8, 4) is 5.69 Å². The predicted molar refractivity (Wildman–Crippen MR) is 110 cm³/mol. The summed E-state index contributed by atoms with van der Waals surface area (Å²) in [7, 11) is 1.84. The molecule has 0 unspecified atom stereocenters. The quantitative estimate of drug-likeness (QED) is 0.590. The van der Waals surface area contributed by atoms with Gasteiger partial charge in [-0.05, 0) is 36.2 Å². The highest BCUT2D eigenvalue weighted by molar-refractivity contribution is 7.99. The van der Waals surface area contributed by atoms with Crippen molar-refractivity contribution in [3.63, 3.8) is 0 Å². The minimum Gasteiger partial charge on any atom is -0.338 e. The third-order valence-corrected chi connectivity index (χ3v) is 5.81. The van der Waals surface area contributed by atoms with Crippen LogP contribution in [-0.4, -0.2) is 38.4 Å². The number of hydrogen-bond donors (Lipinski definition) is 0. The molecular weight excluding hydrogens is 380 g/mol. The molecule has 1 aromatic heterocycles. The van der Waals surface area contributed by atoms with E-state index in [2.05, 4.69) is 10.1 Å². The van der Waals surface area contributed by atoms with Crippen molar-refractivity contribution in [2.75, 3.05) is 12.8 Å². The van der Waals surface area contributed by atoms with E-state index in [1.54, 1.807) is 27.7 Å². The molecule has 0 aliphatic heterocycles. The minimum atomic E-state index is -0.0109. The van der Waals surface area contributed by atoms with Crippen molar-refractivity contribution in [2.45, 2.75) is 18.7 Å². The molecule has 1 heterocycles. The largest absolute Gasteiger partial charge is 0.338 e. The highest BCUT2D eigenvalue weighted by Gasteiger charge is 2.17. The number of aromatic nitrogens is 3. The van der Waals surface area contributed by atoms with E-state index in [0.717, 1.165) is 27.6 Å². The fourth-order valence-electron chi connectivity index (χ4n) is 2.65. The molecule has 0 aliphatic rings. The number of carbonyl (C=O) groups excluding carboxylic acids is 1. The van der Waals surface area contributed by atoms with Crippen LogP contribution in [0.5, 0.6) is 0 Å². The van der Waals surface area contributed by atoms with Gasteiger partial charge in [0.1, 0.15) is 12.7 Å². The van der Waals surface area contributed by atoms with E-state index >= 15 is 0 Å². The van der Waals surface area contributed by atoms with Crippen molar-refractivity contribution in [1.29, 1.82) is 0 Å². The monoisotopic (exact) mass is 400 g/mol. The van der Waals surface area contributed by atoms with Gasteiger partial charge in [-0.3, -0.25) is 4.79 Å². The molecular formula is C20H21ClN4OS. The number of halogens is 1. The van der Waals surface area contributed by atoms with E-state index in [1.807, 2.05) is 62.5 Å². The molecule has 1 atom stereocenters. The lowest BCUT2D eigenvalue weighted by atomic mass is 10.1. The summed E-state index contributed by atoms with van der Waals surface area (Å²) < 4.78 is 1.70. The first-order chi connectivity index (χ1) is 13.1. The van der Waals surface area contributed by atoms with Crippen LogP contribution in [0, 0.1) is 0 Å². The van der Waals surface area contributed by atoms with Crippen molar-refractivity contribution in [3.05, 3.63) is 77.3 Å². The van der Waals surface area contributed by atoms with Crippen LogP contribution in [0.2, 0.25) is 5.02 Å². The number of rotatable bonds is 7. The minimum absolute atomic E-state index is 0.0109. The van der Waals surface area contributed by atoms with Crippen LogP contribution in [0.15, 0.2) is 61.2 Å². The van der Waals surface area contributed by atoms with E-state index in [4.69, 9.17) is 11.6 Å². The Kier molecular flexibility index (Phi) is 6.53. The average molecular weight is 401 g/mol. The van der Waals surface area contributed by atoms with Crippen LogP contribution >= 0.6 is 23.4 Å². The van der Waals surface area contributed by atoms with Crippen molar-refractivity contribution < 1.29 is 4.79 Å². The normalized spacial score (nSPS) is 12.0. The van der Waals surface area contributed by atoms with Crippen molar-refractivity contribution >= 4 is 29.3 Å². The lowest BCUT2D eigenvalue weighted by molar-refractivity contribution is -0.128. The van der Waals surface area contributed by atoms with E-state index in [9.17, 15) is 4.79 Å². The van der Waals surface area contributed by atoms with Crippen LogP contribution in [0.4, 0.5) is 0 Å². The number of nitrogens with zero attached hydrogens (tertiary/aromatic N) is 4. The van der Waals surface area contributed by atoms with Crippen LogP contribution < -0.4 is 0 Å². The number of carbonyl (C=O) groups is 1. The molecule has 0 radical (unpaired) electrons. The molecule has 0 aliphatic carbocycles. The summed E-state index contributed by atoms with van der Waals surface area (Å²) in [6.45, 7) is 2.03. The fourth-order valence-corrected chi connectivity index (χ4v) is 3.89. The number of amides is 1. The maximum absolute atomic E-state index is 12.5. The summed E-state index contributed by atoms with van der Waals surface area (Å²) in [4.78, 5) is 18.3. The Morgan fingerprint density at radius 3 is 2.63 bits per heavy atom. The Labute approximate surface area is 168 Å². The van der Waals surface area contributed by atoms with Crippen LogP contribution in [0.25, 0.3) is 5.69 Å². The second kappa shape index (κ2) is 9.06. The first kappa shape index (κ1) is 19.5. The van der Waals surface area contributed by atoms with E-state index < -0.39 is 0 Å². The van der Waals surface area contributed by atoms with Gasteiger partial charge >= 0.3 is 0 Å². The highest BCUT2D eigenvalue weighted by atomic mass is 35.5. The topological polar surface area (TPSA) is 51.0 Å². The zero-order chi connectivity index (χ0) is 19.2. The third kappa shape index (κ3) is 4.90. The molecule has 3 aromatic rings. The standard InChI is InChI=1S/C20H21ClN4OS/c1-15(16-7-9-18(10-8-16)25-14-22-13-23-25)24(2)20(26)12-27-11-17-5-3-4-6-19(17)21/h3-10,13-15H,11-12H2,1-2H3/t15-/m1/s1. The molecule has 0 spiro atoms. The van der Waals surface area contributed by atoms with Gasteiger partial charge in [0.2, 0.25) is 5.91 Å². The first-order valence-corrected chi connectivity index (χ1v) is 10.1. The Bertz CT molecular complexity index is 883. The number of benzene rings is 2. The third-order valence-electron chi connectivity index (χ3n) is 4.47.